The summed E-state index contributed by atoms with van der Waals surface area (Å²) >= 11 is 0. The predicted octanol–water partition coefficient (Wildman–Crippen LogP) is 2.15. The Kier molecular flexibility index (Phi) is 6.63. The minimum atomic E-state index is 0. The highest BCUT2D eigenvalue weighted by molar-refractivity contribution is 5.85. The number of halogens is 2. The molecule has 2 N–H and O–H groups in total. The molecule has 0 spiro atoms. The van der Waals surface area contributed by atoms with Crippen LogP contribution in [0.2, 0.25) is 0 Å². The van der Waals surface area contributed by atoms with Crippen molar-refractivity contribution in [3.8, 4) is 0 Å². The summed E-state index contributed by atoms with van der Waals surface area (Å²) in [6.07, 6.45) is 7.61. The molecular weight excluding hydrogens is 333 g/mol. The van der Waals surface area contributed by atoms with E-state index in [0.29, 0.717) is 23.7 Å². The summed E-state index contributed by atoms with van der Waals surface area (Å²) in [4.78, 5) is 17.6. The zero-order valence-electron chi connectivity index (χ0n) is 13.9. The van der Waals surface area contributed by atoms with Gasteiger partial charge >= 0.3 is 0 Å². The van der Waals surface area contributed by atoms with E-state index in [0.717, 1.165) is 13.1 Å². The van der Waals surface area contributed by atoms with Crippen molar-refractivity contribution in [3.63, 3.8) is 0 Å². The second-order valence-electron chi connectivity index (χ2n) is 7.88. The molecular formula is C17H31Cl2N3O. The Labute approximate surface area is 152 Å². The van der Waals surface area contributed by atoms with Crippen molar-refractivity contribution < 1.29 is 4.79 Å². The number of hydrogen-bond acceptors (Lipinski definition) is 3. The lowest BCUT2D eigenvalue weighted by Crippen LogP contribution is -2.46. The lowest BCUT2D eigenvalue weighted by Gasteiger charge is -2.31. The van der Waals surface area contributed by atoms with Gasteiger partial charge in [0.25, 0.3) is 0 Å². The van der Waals surface area contributed by atoms with Crippen molar-refractivity contribution >= 4 is 30.7 Å². The van der Waals surface area contributed by atoms with E-state index in [1.165, 1.54) is 58.2 Å². The van der Waals surface area contributed by atoms with Crippen LogP contribution in [0.1, 0.15) is 38.5 Å². The maximum atomic E-state index is 12.9. The third kappa shape index (κ3) is 3.65. The highest BCUT2D eigenvalue weighted by Crippen LogP contribution is 2.48. The van der Waals surface area contributed by atoms with E-state index in [2.05, 4.69) is 9.80 Å². The number of fused-ring (bicyclic) bond motifs is 2. The van der Waals surface area contributed by atoms with Crippen molar-refractivity contribution in [1.29, 1.82) is 0 Å². The number of nitrogens with zero attached hydrogens (tertiary/aromatic N) is 2. The fraction of sp³-hybridized carbons (Fsp3) is 0.941. The first kappa shape index (κ1) is 19.3. The van der Waals surface area contributed by atoms with Gasteiger partial charge in [-0.05, 0) is 69.4 Å². The van der Waals surface area contributed by atoms with Crippen LogP contribution in [-0.2, 0) is 4.79 Å². The highest BCUT2D eigenvalue weighted by Gasteiger charge is 2.50. The standard InChI is InChI=1S/C17H29N3O.2ClH/c18-16-14-4-3-13(9-14)15(16)17(21)20-8-5-12(11-20)10-19-6-1-2-7-19;;/h12-16H,1-11,18H2;2*1H. The van der Waals surface area contributed by atoms with Gasteiger partial charge in [0, 0.05) is 25.7 Å². The molecule has 6 heteroatoms. The molecule has 2 saturated carbocycles. The first-order valence-corrected chi connectivity index (χ1v) is 8.99. The van der Waals surface area contributed by atoms with Gasteiger partial charge in [-0.25, -0.2) is 0 Å². The first-order valence-electron chi connectivity index (χ1n) is 8.99. The second kappa shape index (κ2) is 7.90. The predicted molar refractivity (Wildman–Crippen MR) is 97.2 cm³/mol. The molecule has 0 aromatic carbocycles. The van der Waals surface area contributed by atoms with Gasteiger partial charge in [-0.15, -0.1) is 24.8 Å². The van der Waals surface area contributed by atoms with E-state index < -0.39 is 0 Å². The Hall–Kier alpha value is -0.0300. The van der Waals surface area contributed by atoms with Crippen LogP contribution in [0, 0.1) is 23.7 Å². The molecule has 23 heavy (non-hydrogen) atoms. The van der Waals surface area contributed by atoms with E-state index in [4.69, 9.17) is 5.73 Å². The second-order valence-corrected chi connectivity index (χ2v) is 7.88. The molecule has 4 rings (SSSR count). The fourth-order valence-corrected chi connectivity index (χ4v) is 5.43. The van der Waals surface area contributed by atoms with Gasteiger partial charge < -0.3 is 15.5 Å². The first-order chi connectivity index (χ1) is 10.2. The van der Waals surface area contributed by atoms with Crippen LogP contribution in [0.5, 0.6) is 0 Å². The van der Waals surface area contributed by atoms with Crippen molar-refractivity contribution in [3.05, 3.63) is 0 Å². The normalized spacial score (nSPS) is 39.3. The van der Waals surface area contributed by atoms with E-state index in [1.54, 1.807) is 0 Å². The molecule has 2 heterocycles. The Morgan fingerprint density at radius 2 is 1.70 bits per heavy atom. The monoisotopic (exact) mass is 363 g/mol. The van der Waals surface area contributed by atoms with E-state index in [1.807, 2.05) is 0 Å². The molecule has 5 atom stereocenters. The Bertz CT molecular complexity index is 415. The van der Waals surface area contributed by atoms with E-state index in [9.17, 15) is 4.79 Å². The quantitative estimate of drug-likeness (QED) is 0.835. The summed E-state index contributed by atoms with van der Waals surface area (Å²) in [7, 11) is 0. The number of carbonyl (C=O) groups excluding carboxylic acids is 1. The molecule has 4 aliphatic rings. The van der Waals surface area contributed by atoms with Crippen LogP contribution in [0.25, 0.3) is 0 Å². The topological polar surface area (TPSA) is 49.6 Å². The minimum absolute atomic E-state index is 0. The number of carbonyl (C=O) groups is 1. The van der Waals surface area contributed by atoms with Crippen LogP contribution in [0.3, 0.4) is 0 Å². The molecule has 4 fully saturated rings. The van der Waals surface area contributed by atoms with Crippen molar-refractivity contribution in [1.82, 2.24) is 9.80 Å². The average Bonchev–Trinajstić information content (AvgIpc) is 3.23. The zero-order chi connectivity index (χ0) is 14.4. The highest BCUT2D eigenvalue weighted by atomic mass is 35.5. The van der Waals surface area contributed by atoms with Gasteiger partial charge in [0.2, 0.25) is 5.91 Å². The minimum Gasteiger partial charge on any atom is -0.342 e. The average molecular weight is 364 g/mol. The maximum absolute atomic E-state index is 12.9. The van der Waals surface area contributed by atoms with E-state index >= 15 is 0 Å². The van der Waals surface area contributed by atoms with Crippen molar-refractivity contribution in [2.24, 2.45) is 29.4 Å². The van der Waals surface area contributed by atoms with Gasteiger partial charge in [0.1, 0.15) is 0 Å². The Balaban J connectivity index is 0.000000960. The molecule has 2 saturated heterocycles. The fourth-order valence-electron chi connectivity index (χ4n) is 5.43. The molecule has 134 valence electrons. The number of likely N-dealkylation sites (tertiary alicyclic amines) is 2. The third-order valence-electron chi connectivity index (χ3n) is 6.58. The molecule has 0 aromatic rings. The van der Waals surface area contributed by atoms with Gasteiger partial charge in [0.05, 0.1) is 5.92 Å². The summed E-state index contributed by atoms with van der Waals surface area (Å²) < 4.78 is 0. The zero-order valence-corrected chi connectivity index (χ0v) is 15.5. The van der Waals surface area contributed by atoms with Crippen LogP contribution in [0.15, 0.2) is 0 Å². The number of nitrogens with two attached hydrogens (primary N) is 1. The molecule has 1 amide bonds. The molecule has 2 bridgehead atoms. The van der Waals surface area contributed by atoms with Crippen LogP contribution >= 0.6 is 24.8 Å². The number of rotatable bonds is 3. The van der Waals surface area contributed by atoms with Crippen molar-refractivity contribution in [2.75, 3.05) is 32.7 Å². The molecule has 0 radical (unpaired) electrons. The molecule has 2 aliphatic heterocycles. The maximum Gasteiger partial charge on any atom is 0.227 e. The summed E-state index contributed by atoms with van der Waals surface area (Å²) in [6, 6.07) is 0.147. The summed E-state index contributed by atoms with van der Waals surface area (Å²) in [5.74, 6) is 2.46. The summed E-state index contributed by atoms with van der Waals surface area (Å²) in [5, 5.41) is 0. The molecule has 5 unspecified atom stereocenters. The lowest BCUT2D eigenvalue weighted by atomic mass is 9.84. The number of hydrogen-bond donors (Lipinski definition) is 1. The smallest absolute Gasteiger partial charge is 0.227 e. The van der Waals surface area contributed by atoms with E-state index in [-0.39, 0.29) is 36.8 Å². The lowest BCUT2D eigenvalue weighted by molar-refractivity contribution is -0.136. The third-order valence-corrected chi connectivity index (χ3v) is 6.58. The van der Waals surface area contributed by atoms with Crippen LogP contribution in [0.4, 0.5) is 0 Å². The number of amides is 1. The Morgan fingerprint density at radius 3 is 2.35 bits per heavy atom. The summed E-state index contributed by atoms with van der Waals surface area (Å²) in [5.41, 5.74) is 6.34. The molecule has 0 aromatic heterocycles. The SMILES string of the molecule is Cl.Cl.NC1C2CCC(C2)C1C(=O)N1CCC(CN2CCCC2)C1. The summed E-state index contributed by atoms with van der Waals surface area (Å²) in [6.45, 7) is 5.68. The van der Waals surface area contributed by atoms with Gasteiger partial charge in [-0.2, -0.15) is 0 Å². The van der Waals surface area contributed by atoms with Gasteiger partial charge in [-0.3, -0.25) is 4.79 Å². The van der Waals surface area contributed by atoms with Crippen LogP contribution in [-0.4, -0.2) is 54.5 Å². The molecule has 4 nitrogen and oxygen atoms in total. The van der Waals surface area contributed by atoms with Gasteiger partial charge in [0.15, 0.2) is 0 Å². The Morgan fingerprint density at radius 1 is 1.00 bits per heavy atom. The largest absolute Gasteiger partial charge is 0.342 e. The van der Waals surface area contributed by atoms with Gasteiger partial charge in [-0.1, -0.05) is 0 Å². The van der Waals surface area contributed by atoms with Crippen molar-refractivity contribution in [2.45, 2.75) is 44.6 Å². The molecule has 2 aliphatic carbocycles. The van der Waals surface area contributed by atoms with Crippen LogP contribution < -0.4 is 5.73 Å².